The number of nitrogens with zero attached hydrogens (tertiary/aromatic N) is 1. The summed E-state index contributed by atoms with van der Waals surface area (Å²) in [6.45, 7) is 2.48. The molecule has 0 bridgehead atoms. The first-order chi connectivity index (χ1) is 7.49. The first-order valence-corrected chi connectivity index (χ1v) is 6.92. The second-order valence-corrected chi connectivity index (χ2v) is 5.57. The van der Waals surface area contributed by atoms with Crippen LogP contribution in [-0.4, -0.2) is 42.9 Å². The van der Waals surface area contributed by atoms with Crippen molar-refractivity contribution < 1.29 is 18.3 Å². The molecule has 6 nitrogen and oxygen atoms in total. The minimum absolute atomic E-state index is 0.288. The molecule has 16 heavy (non-hydrogen) atoms. The Hall–Kier alpha value is -0.660. The zero-order chi connectivity index (χ0) is 12.2. The molecular formula is C9H18N2O4S. The van der Waals surface area contributed by atoms with Gasteiger partial charge in [-0.25, -0.2) is 4.72 Å². The Balaban J connectivity index is 2.78. The molecule has 1 rings (SSSR count). The molecule has 0 aromatic carbocycles. The van der Waals surface area contributed by atoms with Gasteiger partial charge in [0.15, 0.2) is 0 Å². The van der Waals surface area contributed by atoms with Gasteiger partial charge in [-0.05, 0) is 25.7 Å². The van der Waals surface area contributed by atoms with E-state index in [-0.39, 0.29) is 6.54 Å². The van der Waals surface area contributed by atoms with Crippen LogP contribution < -0.4 is 4.72 Å². The fourth-order valence-electron chi connectivity index (χ4n) is 1.75. The monoisotopic (exact) mass is 250 g/mol. The fraction of sp³-hybridized carbons (Fsp3) is 0.889. The smallest absolute Gasteiger partial charge is 0.322 e. The summed E-state index contributed by atoms with van der Waals surface area (Å²) in [6, 6.07) is -0.914. The molecule has 94 valence electrons. The highest BCUT2D eigenvalue weighted by atomic mass is 32.2. The van der Waals surface area contributed by atoms with Crippen LogP contribution in [0.1, 0.15) is 32.6 Å². The maximum Gasteiger partial charge on any atom is 0.322 e. The van der Waals surface area contributed by atoms with E-state index >= 15 is 0 Å². The summed E-state index contributed by atoms with van der Waals surface area (Å²) in [5.74, 6) is -1.07. The molecule has 1 aliphatic rings. The number of piperidine rings is 1. The Kier molecular flexibility index (Phi) is 4.69. The summed E-state index contributed by atoms with van der Waals surface area (Å²) in [5.41, 5.74) is 0. The van der Waals surface area contributed by atoms with Crippen molar-refractivity contribution in [2.24, 2.45) is 0 Å². The lowest BCUT2D eigenvalue weighted by atomic mass is 10.1. The zero-order valence-electron chi connectivity index (χ0n) is 9.35. The lowest BCUT2D eigenvalue weighted by Gasteiger charge is -2.31. The van der Waals surface area contributed by atoms with Crippen LogP contribution in [0.3, 0.4) is 0 Å². The van der Waals surface area contributed by atoms with Gasteiger partial charge in [-0.2, -0.15) is 12.7 Å². The highest BCUT2D eigenvalue weighted by Crippen LogP contribution is 2.19. The second kappa shape index (κ2) is 5.60. The number of carboxylic acid groups (broad SMARTS) is 1. The molecule has 2 N–H and O–H groups in total. The van der Waals surface area contributed by atoms with E-state index in [9.17, 15) is 13.2 Å². The molecule has 0 aromatic rings. The van der Waals surface area contributed by atoms with Gasteiger partial charge in [-0.3, -0.25) is 4.79 Å². The summed E-state index contributed by atoms with van der Waals surface area (Å²) in [6.07, 6.45) is 2.56. The molecule has 1 heterocycles. The number of hydrogen-bond acceptors (Lipinski definition) is 3. The van der Waals surface area contributed by atoms with Gasteiger partial charge in [0.2, 0.25) is 0 Å². The Labute approximate surface area is 95.8 Å². The average Bonchev–Trinajstić information content (AvgIpc) is 2.26. The van der Waals surface area contributed by atoms with Gasteiger partial charge in [0.1, 0.15) is 6.04 Å². The quantitative estimate of drug-likeness (QED) is 0.728. The molecule has 0 unspecified atom stereocenters. The van der Waals surface area contributed by atoms with E-state index in [0.717, 1.165) is 17.1 Å². The minimum atomic E-state index is -3.64. The van der Waals surface area contributed by atoms with Crippen LogP contribution in [0.25, 0.3) is 0 Å². The standard InChI is InChI=1S/C9H18N2O4S/c1-2-6-10-16(14,15)11-7-4-3-5-8(11)9(12)13/h8,10H,2-7H2,1H3,(H,12,13)/t8-/m0/s1. The molecule has 1 saturated heterocycles. The zero-order valence-corrected chi connectivity index (χ0v) is 10.2. The topological polar surface area (TPSA) is 86.7 Å². The number of nitrogens with one attached hydrogen (secondary N) is 1. The third-order valence-corrected chi connectivity index (χ3v) is 4.21. The molecule has 1 aliphatic heterocycles. The van der Waals surface area contributed by atoms with Crippen molar-refractivity contribution in [3.05, 3.63) is 0 Å². The third-order valence-electron chi connectivity index (χ3n) is 2.58. The Morgan fingerprint density at radius 2 is 2.19 bits per heavy atom. The maximum absolute atomic E-state index is 11.8. The lowest BCUT2D eigenvalue weighted by molar-refractivity contribution is -0.142. The van der Waals surface area contributed by atoms with Crippen molar-refractivity contribution in [1.82, 2.24) is 9.03 Å². The Bertz CT molecular complexity index is 341. The van der Waals surface area contributed by atoms with Crippen LogP contribution in [0, 0.1) is 0 Å². The van der Waals surface area contributed by atoms with Gasteiger partial charge in [-0.15, -0.1) is 0 Å². The van der Waals surface area contributed by atoms with Gasteiger partial charge in [0, 0.05) is 13.1 Å². The molecule has 0 amide bonds. The number of hydrogen-bond donors (Lipinski definition) is 2. The molecular weight excluding hydrogens is 232 g/mol. The molecule has 1 fully saturated rings. The molecule has 0 spiro atoms. The summed E-state index contributed by atoms with van der Waals surface area (Å²) in [4.78, 5) is 11.0. The van der Waals surface area contributed by atoms with E-state index in [1.54, 1.807) is 0 Å². The molecule has 0 saturated carbocycles. The van der Waals surface area contributed by atoms with Crippen LogP contribution >= 0.6 is 0 Å². The second-order valence-electron chi connectivity index (χ2n) is 3.86. The lowest BCUT2D eigenvalue weighted by Crippen LogP contribution is -2.52. The van der Waals surface area contributed by atoms with Crippen molar-refractivity contribution in [2.45, 2.75) is 38.6 Å². The van der Waals surface area contributed by atoms with Crippen molar-refractivity contribution >= 4 is 16.2 Å². The van der Waals surface area contributed by atoms with Crippen molar-refractivity contribution in [3.63, 3.8) is 0 Å². The van der Waals surface area contributed by atoms with Gasteiger partial charge in [0.05, 0.1) is 0 Å². The SMILES string of the molecule is CCCNS(=O)(=O)N1CCCC[C@H]1C(=O)O. The normalized spacial score (nSPS) is 23.2. The largest absolute Gasteiger partial charge is 0.480 e. The summed E-state index contributed by atoms with van der Waals surface area (Å²) in [7, 11) is -3.64. The summed E-state index contributed by atoms with van der Waals surface area (Å²) in [5, 5.41) is 8.96. The van der Waals surface area contributed by atoms with Crippen LogP contribution in [0.15, 0.2) is 0 Å². The molecule has 0 aliphatic carbocycles. The van der Waals surface area contributed by atoms with Crippen LogP contribution in [0.4, 0.5) is 0 Å². The predicted molar refractivity (Wildman–Crippen MR) is 59.2 cm³/mol. The van der Waals surface area contributed by atoms with E-state index in [1.165, 1.54) is 0 Å². The fourth-order valence-corrected chi connectivity index (χ4v) is 3.28. The van der Waals surface area contributed by atoms with Crippen molar-refractivity contribution in [3.8, 4) is 0 Å². The first kappa shape index (κ1) is 13.4. The summed E-state index contributed by atoms with van der Waals surface area (Å²) < 4.78 is 27.1. The molecule has 7 heteroatoms. The van der Waals surface area contributed by atoms with E-state index in [0.29, 0.717) is 19.4 Å². The highest BCUT2D eigenvalue weighted by molar-refractivity contribution is 7.87. The van der Waals surface area contributed by atoms with Crippen molar-refractivity contribution in [1.29, 1.82) is 0 Å². The van der Waals surface area contributed by atoms with Gasteiger partial charge < -0.3 is 5.11 Å². The Morgan fingerprint density at radius 1 is 1.50 bits per heavy atom. The van der Waals surface area contributed by atoms with Crippen molar-refractivity contribution in [2.75, 3.05) is 13.1 Å². The Morgan fingerprint density at radius 3 is 2.75 bits per heavy atom. The minimum Gasteiger partial charge on any atom is -0.480 e. The number of carbonyl (C=O) groups is 1. The maximum atomic E-state index is 11.8. The molecule has 0 aromatic heterocycles. The first-order valence-electron chi connectivity index (χ1n) is 5.48. The third kappa shape index (κ3) is 3.16. The van der Waals surface area contributed by atoms with E-state index in [1.807, 2.05) is 6.92 Å². The van der Waals surface area contributed by atoms with Crippen LogP contribution in [0.5, 0.6) is 0 Å². The molecule has 0 radical (unpaired) electrons. The van der Waals surface area contributed by atoms with Crippen LogP contribution in [0.2, 0.25) is 0 Å². The predicted octanol–water partition coefficient (Wildman–Crippen LogP) is 0.170. The van der Waals surface area contributed by atoms with Gasteiger partial charge >= 0.3 is 5.97 Å². The van der Waals surface area contributed by atoms with E-state index < -0.39 is 22.2 Å². The number of carboxylic acids is 1. The van der Waals surface area contributed by atoms with E-state index in [4.69, 9.17) is 5.11 Å². The number of aliphatic carboxylic acids is 1. The van der Waals surface area contributed by atoms with E-state index in [2.05, 4.69) is 4.72 Å². The van der Waals surface area contributed by atoms with Crippen LogP contribution in [-0.2, 0) is 15.0 Å². The average molecular weight is 250 g/mol. The molecule has 1 atom stereocenters. The van der Waals surface area contributed by atoms with Gasteiger partial charge in [0.25, 0.3) is 10.2 Å². The van der Waals surface area contributed by atoms with Gasteiger partial charge in [-0.1, -0.05) is 6.92 Å². The highest BCUT2D eigenvalue weighted by Gasteiger charge is 2.36. The summed E-state index contributed by atoms with van der Waals surface area (Å²) >= 11 is 0. The number of rotatable bonds is 5.